The van der Waals surface area contributed by atoms with Crippen LogP contribution in [0.4, 0.5) is 0 Å². The molecule has 0 aromatic rings. The first-order valence-corrected chi connectivity index (χ1v) is 2.04. The smallest absolute Gasteiger partial charge is 0.0227 e. The molecule has 0 fully saturated rings. The van der Waals surface area contributed by atoms with E-state index in [0.717, 1.165) is 0 Å². The quantitative estimate of drug-likeness (QED) is 0.450. The van der Waals surface area contributed by atoms with E-state index in [1.165, 1.54) is 0 Å². The molecule has 0 atom stereocenters. The van der Waals surface area contributed by atoms with Gasteiger partial charge in [0.25, 0.3) is 0 Å². The Morgan fingerprint density at radius 2 is 1.43 bits per heavy atom. The Balaban J connectivity index is 0. The summed E-state index contributed by atoms with van der Waals surface area (Å²) in [4.78, 5) is 0. The zero-order valence-corrected chi connectivity index (χ0v) is 5.95. The molecule has 0 unspecified atom stereocenters. The van der Waals surface area contributed by atoms with Gasteiger partial charge in [0.05, 0.1) is 0 Å². The second kappa shape index (κ2) is 3.12. The van der Waals surface area contributed by atoms with E-state index in [1.807, 2.05) is 20.8 Å². The molecule has 0 aliphatic rings. The zero-order valence-electron chi connectivity index (χ0n) is 4.91. The monoisotopic (exact) mass is 141 g/mol. The molecule has 1 heteroatoms. The van der Waals surface area contributed by atoms with Crippen molar-refractivity contribution in [3.05, 3.63) is 0 Å². The van der Waals surface area contributed by atoms with Crippen LogP contribution in [0.15, 0.2) is 0 Å². The molecule has 0 bridgehead atoms. The normalized spacial score (nSPS) is 8.86. The molecular weight excluding hydrogens is 131 g/mol. The first-order chi connectivity index (χ1) is 2.56. The van der Waals surface area contributed by atoms with Gasteiger partial charge in [0.2, 0.25) is 0 Å². The first kappa shape index (κ1) is 10.1. The van der Waals surface area contributed by atoms with Crippen molar-refractivity contribution in [3.8, 4) is 12.3 Å². The van der Waals surface area contributed by atoms with Gasteiger partial charge in [-0.25, -0.2) is 0 Å². The second-order valence-corrected chi connectivity index (χ2v) is 2.39. The molecule has 1 radical (unpaired) electrons. The Morgan fingerprint density at radius 3 is 1.43 bits per heavy atom. The summed E-state index contributed by atoms with van der Waals surface area (Å²) in [6.07, 6.45) is 5.06. The fourth-order valence-corrected chi connectivity index (χ4v) is 0. The average Bonchev–Trinajstić information content (AvgIpc) is 1.35. The van der Waals surface area contributed by atoms with Crippen molar-refractivity contribution in [1.82, 2.24) is 0 Å². The van der Waals surface area contributed by atoms with Gasteiger partial charge in [-0.15, -0.1) is 12.3 Å². The molecule has 0 aliphatic heterocycles. The van der Waals surface area contributed by atoms with E-state index in [4.69, 9.17) is 6.42 Å². The van der Waals surface area contributed by atoms with Crippen molar-refractivity contribution in [2.24, 2.45) is 5.41 Å². The van der Waals surface area contributed by atoms with Gasteiger partial charge >= 0.3 is 0 Å². The van der Waals surface area contributed by atoms with Crippen LogP contribution in [0.25, 0.3) is 0 Å². The van der Waals surface area contributed by atoms with Crippen molar-refractivity contribution in [3.63, 3.8) is 0 Å². The summed E-state index contributed by atoms with van der Waals surface area (Å²) in [5, 5.41) is 0. The van der Waals surface area contributed by atoms with Gasteiger partial charge in [-0.1, -0.05) is 0 Å². The Labute approximate surface area is 55.9 Å². The van der Waals surface area contributed by atoms with E-state index in [-0.39, 0.29) is 22.2 Å². The largest absolute Gasteiger partial charge is 0.120 e. The standard InChI is InChI=1S/C6H10.Co/c1-5-6(2,3)4;/h1H,2-4H3;. The third-order valence-electron chi connectivity index (χ3n) is 0.433. The minimum absolute atomic E-state index is 0. The SMILES string of the molecule is C#CC(C)(C)C.[Co]. The minimum atomic E-state index is 0. The average molecular weight is 141 g/mol. The molecule has 0 amide bonds. The van der Waals surface area contributed by atoms with Gasteiger partial charge in [-0.2, -0.15) is 0 Å². The zero-order chi connectivity index (χ0) is 5.21. The molecule has 0 N–H and O–H groups in total. The van der Waals surface area contributed by atoms with Crippen molar-refractivity contribution in [2.45, 2.75) is 20.8 Å². The van der Waals surface area contributed by atoms with Gasteiger partial charge in [0.1, 0.15) is 0 Å². The van der Waals surface area contributed by atoms with Crippen LogP contribution in [0.5, 0.6) is 0 Å². The van der Waals surface area contributed by atoms with Crippen LogP contribution in [0.3, 0.4) is 0 Å². The summed E-state index contributed by atoms with van der Waals surface area (Å²) in [7, 11) is 0. The van der Waals surface area contributed by atoms with E-state index >= 15 is 0 Å². The van der Waals surface area contributed by atoms with Crippen LogP contribution >= 0.6 is 0 Å². The molecule has 0 spiro atoms. The van der Waals surface area contributed by atoms with Gasteiger partial charge in [0, 0.05) is 22.2 Å². The topological polar surface area (TPSA) is 0 Å². The van der Waals surface area contributed by atoms with E-state index in [0.29, 0.717) is 0 Å². The van der Waals surface area contributed by atoms with Crippen LogP contribution in [0.2, 0.25) is 0 Å². The minimum Gasteiger partial charge on any atom is -0.120 e. The number of hydrogen-bond acceptors (Lipinski definition) is 0. The fraction of sp³-hybridized carbons (Fsp3) is 0.667. The van der Waals surface area contributed by atoms with Crippen LogP contribution in [-0.2, 0) is 16.8 Å². The molecular formula is C6H10Co. The summed E-state index contributed by atoms with van der Waals surface area (Å²) in [5.74, 6) is 2.60. The van der Waals surface area contributed by atoms with Crippen molar-refractivity contribution >= 4 is 0 Å². The molecule has 0 saturated heterocycles. The second-order valence-electron chi connectivity index (χ2n) is 2.39. The van der Waals surface area contributed by atoms with Gasteiger partial charge in [-0.3, -0.25) is 0 Å². The van der Waals surface area contributed by atoms with Crippen LogP contribution in [0, 0.1) is 17.8 Å². The van der Waals surface area contributed by atoms with Crippen molar-refractivity contribution in [2.75, 3.05) is 0 Å². The summed E-state index contributed by atoms with van der Waals surface area (Å²) in [6.45, 7) is 6.02. The molecule has 0 aliphatic carbocycles. The van der Waals surface area contributed by atoms with E-state index in [1.54, 1.807) is 0 Å². The summed E-state index contributed by atoms with van der Waals surface area (Å²) < 4.78 is 0. The molecule has 0 rings (SSSR count). The Bertz CT molecular complexity index is 71.2. The Kier molecular flexibility index (Phi) is 4.51. The predicted molar refractivity (Wildman–Crippen MR) is 28.3 cm³/mol. The van der Waals surface area contributed by atoms with Crippen LogP contribution in [-0.4, -0.2) is 0 Å². The van der Waals surface area contributed by atoms with Gasteiger partial charge in [-0.05, 0) is 20.8 Å². The van der Waals surface area contributed by atoms with Gasteiger partial charge in [0.15, 0.2) is 0 Å². The molecule has 0 aromatic carbocycles. The number of rotatable bonds is 0. The van der Waals surface area contributed by atoms with Crippen LogP contribution < -0.4 is 0 Å². The molecule has 43 valence electrons. The maximum Gasteiger partial charge on any atom is 0.0227 e. The molecule has 0 saturated carbocycles. The number of hydrogen-bond donors (Lipinski definition) is 0. The summed E-state index contributed by atoms with van der Waals surface area (Å²) in [6, 6.07) is 0. The third-order valence-corrected chi connectivity index (χ3v) is 0.433. The van der Waals surface area contributed by atoms with Crippen molar-refractivity contribution in [1.29, 1.82) is 0 Å². The maximum atomic E-state index is 5.06. The van der Waals surface area contributed by atoms with E-state index < -0.39 is 0 Å². The number of terminal acetylenes is 1. The maximum absolute atomic E-state index is 5.06. The first-order valence-electron chi connectivity index (χ1n) is 2.04. The molecule has 0 nitrogen and oxygen atoms in total. The fourth-order valence-electron chi connectivity index (χ4n) is 0. The van der Waals surface area contributed by atoms with Crippen molar-refractivity contribution < 1.29 is 16.8 Å². The predicted octanol–water partition coefficient (Wildman–Crippen LogP) is 1.66. The molecule has 7 heavy (non-hydrogen) atoms. The Hall–Kier alpha value is 0.0665. The Morgan fingerprint density at radius 1 is 1.29 bits per heavy atom. The van der Waals surface area contributed by atoms with E-state index in [9.17, 15) is 0 Å². The van der Waals surface area contributed by atoms with Crippen LogP contribution in [0.1, 0.15) is 20.8 Å². The molecule has 0 heterocycles. The molecule has 0 aromatic heterocycles. The third kappa shape index (κ3) is 10.7. The van der Waals surface area contributed by atoms with E-state index in [2.05, 4.69) is 5.92 Å². The summed E-state index contributed by atoms with van der Waals surface area (Å²) >= 11 is 0. The van der Waals surface area contributed by atoms with Gasteiger partial charge < -0.3 is 0 Å². The summed E-state index contributed by atoms with van der Waals surface area (Å²) in [5.41, 5.74) is 0.0694.